The van der Waals surface area contributed by atoms with E-state index in [1.807, 2.05) is 6.07 Å². The number of benzene rings is 1. The van der Waals surface area contributed by atoms with Gasteiger partial charge in [0.1, 0.15) is 23.1 Å². The molecule has 1 heterocycles. The molecule has 6 nitrogen and oxygen atoms in total. The van der Waals surface area contributed by atoms with Gasteiger partial charge in [-0.1, -0.05) is 24.3 Å². The zero-order chi connectivity index (χ0) is 18.9. The van der Waals surface area contributed by atoms with Crippen molar-refractivity contribution in [1.82, 2.24) is 9.78 Å². The first-order chi connectivity index (χ1) is 11.6. The Kier molecular flexibility index (Phi) is 3.17. The SMILES string of the molecule is [2H]C([2H])([2H])C(C)n1nc(-c2ccc(C(C)C(=O)O)cc2)c(C#N)c1N. The lowest BCUT2D eigenvalue weighted by molar-refractivity contribution is -0.138. The Bertz CT molecular complexity index is 835. The number of nitrogens with two attached hydrogens (primary N) is 1. The van der Waals surface area contributed by atoms with Crippen molar-refractivity contribution in [3.8, 4) is 17.3 Å². The molecule has 0 amide bonds. The minimum Gasteiger partial charge on any atom is -0.481 e. The molecule has 0 aliphatic carbocycles. The van der Waals surface area contributed by atoms with Gasteiger partial charge < -0.3 is 10.8 Å². The molecule has 114 valence electrons. The predicted molar refractivity (Wildman–Crippen MR) is 83.2 cm³/mol. The molecule has 0 fully saturated rings. The predicted octanol–water partition coefficient (Wildman–Crippen LogP) is 2.77. The minimum absolute atomic E-state index is 0.0101. The van der Waals surface area contributed by atoms with Crippen LogP contribution in [0.1, 0.15) is 47.9 Å². The molecular weight excluding hydrogens is 280 g/mol. The van der Waals surface area contributed by atoms with Gasteiger partial charge in [0.15, 0.2) is 0 Å². The summed E-state index contributed by atoms with van der Waals surface area (Å²) in [6, 6.07) is 7.53. The smallest absolute Gasteiger partial charge is 0.310 e. The summed E-state index contributed by atoms with van der Waals surface area (Å²) < 4.78 is 23.7. The van der Waals surface area contributed by atoms with E-state index in [2.05, 4.69) is 5.10 Å². The number of anilines is 1. The van der Waals surface area contributed by atoms with E-state index >= 15 is 0 Å². The summed E-state index contributed by atoms with van der Waals surface area (Å²) in [5.41, 5.74) is 7.45. The summed E-state index contributed by atoms with van der Waals surface area (Å²) in [4.78, 5) is 11.0. The molecule has 3 N–H and O–H groups in total. The molecule has 22 heavy (non-hydrogen) atoms. The van der Waals surface area contributed by atoms with E-state index in [0.29, 0.717) is 11.1 Å². The molecule has 0 saturated heterocycles. The number of aromatic nitrogens is 2. The van der Waals surface area contributed by atoms with E-state index in [1.165, 1.54) is 6.92 Å². The van der Waals surface area contributed by atoms with E-state index in [-0.39, 0.29) is 17.1 Å². The third kappa shape index (κ3) is 2.66. The average Bonchev–Trinajstić information content (AvgIpc) is 2.89. The van der Waals surface area contributed by atoms with Gasteiger partial charge in [0.2, 0.25) is 0 Å². The summed E-state index contributed by atoms with van der Waals surface area (Å²) in [6.07, 6.45) is 0. The van der Waals surface area contributed by atoms with E-state index < -0.39 is 24.8 Å². The number of carbonyl (C=O) groups is 1. The summed E-state index contributed by atoms with van der Waals surface area (Å²) in [5.74, 6) is -1.61. The third-order valence-corrected chi connectivity index (χ3v) is 3.48. The molecule has 0 saturated carbocycles. The number of carboxylic acids is 1. The Balaban J connectivity index is 2.50. The van der Waals surface area contributed by atoms with Gasteiger partial charge in [-0.05, 0) is 26.3 Å². The Morgan fingerprint density at radius 3 is 2.59 bits per heavy atom. The van der Waals surface area contributed by atoms with Gasteiger partial charge in [-0.3, -0.25) is 4.79 Å². The second kappa shape index (κ2) is 5.90. The molecule has 2 rings (SSSR count). The highest BCUT2D eigenvalue weighted by molar-refractivity contribution is 5.77. The second-order valence-corrected chi connectivity index (χ2v) is 5.02. The monoisotopic (exact) mass is 301 g/mol. The van der Waals surface area contributed by atoms with Crippen molar-refractivity contribution in [2.75, 3.05) is 5.73 Å². The van der Waals surface area contributed by atoms with Crippen molar-refractivity contribution in [2.24, 2.45) is 0 Å². The maximum absolute atomic E-state index is 11.0. The van der Waals surface area contributed by atoms with Gasteiger partial charge in [0.05, 0.1) is 5.92 Å². The summed E-state index contributed by atoms with van der Waals surface area (Å²) in [7, 11) is 0. The fourth-order valence-corrected chi connectivity index (χ4v) is 2.13. The van der Waals surface area contributed by atoms with Gasteiger partial charge in [-0.2, -0.15) is 10.4 Å². The van der Waals surface area contributed by atoms with Gasteiger partial charge in [0.25, 0.3) is 0 Å². The summed E-state index contributed by atoms with van der Waals surface area (Å²) >= 11 is 0. The fourth-order valence-electron chi connectivity index (χ4n) is 2.13. The number of carboxylic acid groups (broad SMARTS) is 1. The van der Waals surface area contributed by atoms with Crippen LogP contribution in [0.3, 0.4) is 0 Å². The van der Waals surface area contributed by atoms with E-state index in [1.54, 1.807) is 31.2 Å². The van der Waals surface area contributed by atoms with E-state index in [9.17, 15) is 10.1 Å². The van der Waals surface area contributed by atoms with Gasteiger partial charge >= 0.3 is 5.97 Å². The van der Waals surface area contributed by atoms with Crippen LogP contribution in [0, 0.1) is 11.3 Å². The van der Waals surface area contributed by atoms with Crippen molar-refractivity contribution < 1.29 is 14.0 Å². The van der Waals surface area contributed by atoms with Crippen LogP contribution in [0.15, 0.2) is 24.3 Å². The second-order valence-electron chi connectivity index (χ2n) is 5.02. The number of nitrogen functional groups attached to an aromatic ring is 1. The normalized spacial score (nSPS) is 16.0. The number of nitriles is 1. The Morgan fingerprint density at radius 1 is 1.45 bits per heavy atom. The lowest BCUT2D eigenvalue weighted by Crippen LogP contribution is -2.07. The summed E-state index contributed by atoms with van der Waals surface area (Å²) in [5, 5.41) is 22.6. The molecule has 0 radical (unpaired) electrons. The van der Waals surface area contributed by atoms with Crippen LogP contribution < -0.4 is 5.73 Å². The van der Waals surface area contributed by atoms with Crippen molar-refractivity contribution in [2.45, 2.75) is 32.7 Å². The highest BCUT2D eigenvalue weighted by Gasteiger charge is 2.19. The van der Waals surface area contributed by atoms with Crippen LogP contribution in [0.5, 0.6) is 0 Å². The highest BCUT2D eigenvalue weighted by atomic mass is 16.4. The summed E-state index contributed by atoms with van der Waals surface area (Å²) in [6.45, 7) is 0.715. The van der Waals surface area contributed by atoms with E-state index in [0.717, 1.165) is 4.68 Å². The standard InChI is InChI=1S/C16H18N4O2/c1-9(2)20-15(18)13(8-17)14(19-20)12-6-4-11(5-7-12)10(3)16(21)22/h4-7,9-10H,18H2,1-3H3,(H,21,22)/i1D3. The lowest BCUT2D eigenvalue weighted by atomic mass is 9.98. The van der Waals surface area contributed by atoms with Gasteiger partial charge in [-0.15, -0.1) is 0 Å². The molecule has 0 bridgehead atoms. The number of hydrogen-bond donors (Lipinski definition) is 2. The van der Waals surface area contributed by atoms with Crippen molar-refractivity contribution in [3.63, 3.8) is 0 Å². The number of aliphatic carboxylic acids is 1. The molecule has 2 unspecified atom stereocenters. The maximum Gasteiger partial charge on any atom is 0.310 e. The number of rotatable bonds is 4. The first-order valence-electron chi connectivity index (χ1n) is 8.19. The van der Waals surface area contributed by atoms with Crippen LogP contribution in [0.25, 0.3) is 11.3 Å². The van der Waals surface area contributed by atoms with Gasteiger partial charge in [0, 0.05) is 15.7 Å². The number of hydrogen-bond acceptors (Lipinski definition) is 4. The van der Waals surface area contributed by atoms with Crippen molar-refractivity contribution >= 4 is 11.8 Å². The first-order valence-corrected chi connectivity index (χ1v) is 6.69. The maximum atomic E-state index is 11.0. The molecule has 2 atom stereocenters. The molecule has 6 heteroatoms. The fraction of sp³-hybridized carbons (Fsp3) is 0.312. The largest absolute Gasteiger partial charge is 0.481 e. The molecule has 0 aliphatic rings. The quantitative estimate of drug-likeness (QED) is 0.903. The van der Waals surface area contributed by atoms with Crippen LogP contribution in [-0.4, -0.2) is 20.9 Å². The molecular formula is C16H18N4O2. The Labute approximate surface area is 133 Å². The lowest BCUT2D eigenvalue weighted by Gasteiger charge is -2.07. The zero-order valence-corrected chi connectivity index (χ0v) is 12.2. The highest BCUT2D eigenvalue weighted by Crippen LogP contribution is 2.29. The van der Waals surface area contributed by atoms with Crippen LogP contribution >= 0.6 is 0 Å². The Morgan fingerprint density at radius 2 is 2.09 bits per heavy atom. The number of nitrogens with zero attached hydrogens (tertiary/aromatic N) is 3. The topological polar surface area (TPSA) is 105 Å². The molecule has 2 aromatic rings. The molecule has 1 aromatic heterocycles. The third-order valence-electron chi connectivity index (χ3n) is 3.48. The molecule has 0 spiro atoms. The van der Waals surface area contributed by atoms with Gasteiger partial charge in [-0.25, -0.2) is 4.68 Å². The van der Waals surface area contributed by atoms with Crippen molar-refractivity contribution in [3.05, 3.63) is 35.4 Å². The molecule has 0 aliphatic heterocycles. The molecule has 1 aromatic carbocycles. The van der Waals surface area contributed by atoms with Crippen LogP contribution in [0.2, 0.25) is 0 Å². The van der Waals surface area contributed by atoms with Crippen molar-refractivity contribution in [1.29, 1.82) is 5.26 Å². The average molecular weight is 301 g/mol. The van der Waals surface area contributed by atoms with E-state index in [4.69, 9.17) is 15.0 Å². The first kappa shape index (κ1) is 11.8. The Hall–Kier alpha value is -2.81. The minimum atomic E-state index is -2.31. The van der Waals surface area contributed by atoms with Crippen LogP contribution in [-0.2, 0) is 4.79 Å². The zero-order valence-electron chi connectivity index (χ0n) is 15.2. The van der Waals surface area contributed by atoms with Crippen LogP contribution in [0.4, 0.5) is 5.82 Å².